The van der Waals surface area contributed by atoms with E-state index in [0.717, 1.165) is 21.7 Å². The molecule has 0 unspecified atom stereocenters. The quantitative estimate of drug-likeness (QED) is 0.291. The van der Waals surface area contributed by atoms with E-state index in [4.69, 9.17) is 21.3 Å². The lowest BCUT2D eigenvalue weighted by atomic mass is 10.0. The van der Waals surface area contributed by atoms with E-state index in [1.165, 1.54) is 11.8 Å². The Bertz CT molecular complexity index is 1210. The molecule has 0 aliphatic rings. The molecule has 0 saturated heterocycles. The zero-order valence-corrected chi connectivity index (χ0v) is 19.3. The van der Waals surface area contributed by atoms with Gasteiger partial charge in [-0.15, -0.1) is 23.1 Å². The molecule has 2 aromatic carbocycles. The number of nitriles is 1. The topological polar surface area (TPSA) is 66.1 Å². The molecule has 4 nitrogen and oxygen atoms in total. The fourth-order valence-electron chi connectivity index (χ4n) is 3.08. The molecule has 160 valence electrons. The molecule has 1 atom stereocenters. The van der Waals surface area contributed by atoms with Gasteiger partial charge in [0, 0.05) is 16.3 Å². The van der Waals surface area contributed by atoms with Crippen molar-refractivity contribution in [3.8, 4) is 33.5 Å². The van der Waals surface area contributed by atoms with E-state index < -0.39 is 6.10 Å². The van der Waals surface area contributed by atoms with Crippen LogP contribution >= 0.6 is 34.7 Å². The molecule has 2 heterocycles. The summed E-state index contributed by atoms with van der Waals surface area (Å²) in [5.74, 6) is 0.984. The van der Waals surface area contributed by atoms with Crippen molar-refractivity contribution in [3.05, 3.63) is 88.8 Å². The van der Waals surface area contributed by atoms with Gasteiger partial charge in [0.1, 0.15) is 23.5 Å². The number of halogens is 1. The molecule has 0 amide bonds. The average molecular weight is 479 g/mol. The first-order valence-electron chi connectivity index (χ1n) is 9.87. The maximum atomic E-state index is 10.4. The van der Waals surface area contributed by atoms with Gasteiger partial charge in [-0.25, -0.2) is 4.98 Å². The number of aromatic nitrogens is 1. The second-order valence-corrected chi connectivity index (χ2v) is 9.31. The summed E-state index contributed by atoms with van der Waals surface area (Å²) in [5, 5.41) is 23.6. The van der Waals surface area contributed by atoms with Crippen molar-refractivity contribution >= 4 is 34.7 Å². The van der Waals surface area contributed by atoms with Crippen molar-refractivity contribution in [2.75, 3.05) is 12.4 Å². The monoisotopic (exact) mass is 478 g/mol. The molecule has 4 aromatic rings. The van der Waals surface area contributed by atoms with Crippen molar-refractivity contribution in [2.45, 2.75) is 11.1 Å². The van der Waals surface area contributed by atoms with E-state index in [0.29, 0.717) is 27.1 Å². The first-order chi connectivity index (χ1) is 15.6. The third-order valence-corrected chi connectivity index (χ3v) is 6.89. The van der Waals surface area contributed by atoms with Crippen LogP contribution < -0.4 is 4.74 Å². The summed E-state index contributed by atoms with van der Waals surface area (Å²) >= 11 is 8.84. The second kappa shape index (κ2) is 10.7. The van der Waals surface area contributed by atoms with Crippen molar-refractivity contribution in [1.82, 2.24) is 4.98 Å². The summed E-state index contributed by atoms with van der Waals surface area (Å²) in [6.45, 7) is 0.132. The smallest absolute Gasteiger partial charge is 0.119 e. The van der Waals surface area contributed by atoms with Crippen molar-refractivity contribution in [1.29, 1.82) is 5.26 Å². The number of hydrogen-bond donors (Lipinski definition) is 1. The normalized spacial score (nSPS) is 11.7. The molecule has 0 fully saturated rings. The number of aliphatic hydroxyl groups excluding tert-OH is 1. The van der Waals surface area contributed by atoms with Gasteiger partial charge in [-0.05, 0) is 47.3 Å². The number of nitrogens with zero attached hydrogens (tertiary/aromatic N) is 2. The Morgan fingerprint density at radius 2 is 1.88 bits per heavy atom. The van der Waals surface area contributed by atoms with E-state index in [1.807, 2.05) is 53.9 Å². The van der Waals surface area contributed by atoms with E-state index in [9.17, 15) is 10.4 Å². The zero-order chi connectivity index (χ0) is 22.3. The van der Waals surface area contributed by atoms with Crippen LogP contribution in [0.5, 0.6) is 5.75 Å². The van der Waals surface area contributed by atoms with Crippen LogP contribution in [0.2, 0.25) is 5.02 Å². The third-order valence-electron chi connectivity index (χ3n) is 4.62. The first-order valence-corrected chi connectivity index (χ1v) is 12.1. The molecule has 0 radical (unpaired) electrons. The van der Waals surface area contributed by atoms with Crippen molar-refractivity contribution < 1.29 is 9.84 Å². The number of rotatable bonds is 8. The highest BCUT2D eigenvalue weighted by Crippen LogP contribution is 2.35. The van der Waals surface area contributed by atoms with Gasteiger partial charge < -0.3 is 9.84 Å². The summed E-state index contributed by atoms with van der Waals surface area (Å²) in [4.78, 5) is 5.78. The summed E-state index contributed by atoms with van der Waals surface area (Å²) < 4.78 is 5.64. The number of ether oxygens (including phenoxy) is 1. The molecule has 0 spiro atoms. The Kier molecular flexibility index (Phi) is 7.46. The molecule has 4 rings (SSSR count). The van der Waals surface area contributed by atoms with E-state index >= 15 is 0 Å². The molecule has 0 aliphatic carbocycles. The van der Waals surface area contributed by atoms with Crippen LogP contribution in [0.15, 0.2) is 83.2 Å². The van der Waals surface area contributed by atoms with Gasteiger partial charge in [0.25, 0.3) is 0 Å². The Balaban J connectivity index is 1.56. The summed E-state index contributed by atoms with van der Waals surface area (Å²) in [5.41, 5.74) is 3.11. The number of thiophene rings is 1. The number of pyridine rings is 1. The highest BCUT2D eigenvalue weighted by atomic mass is 35.5. The second-order valence-electron chi connectivity index (χ2n) is 6.92. The van der Waals surface area contributed by atoms with Gasteiger partial charge in [0.15, 0.2) is 0 Å². The van der Waals surface area contributed by atoms with E-state index in [-0.39, 0.29) is 6.61 Å². The lowest BCUT2D eigenvalue weighted by molar-refractivity contribution is 0.126. The predicted molar refractivity (Wildman–Crippen MR) is 131 cm³/mol. The third kappa shape index (κ3) is 5.50. The minimum atomic E-state index is -0.727. The zero-order valence-electron chi connectivity index (χ0n) is 16.9. The summed E-state index contributed by atoms with van der Waals surface area (Å²) in [6, 6.07) is 25.1. The van der Waals surface area contributed by atoms with Gasteiger partial charge in [-0.3, -0.25) is 0 Å². The molecule has 0 bridgehead atoms. The Morgan fingerprint density at radius 1 is 1.09 bits per heavy atom. The molecule has 0 aliphatic heterocycles. The number of hydrogen-bond acceptors (Lipinski definition) is 6. The SMILES string of the molecule is N#Cc1c(-c2ccccc2)cc(-c2cccs2)nc1SC[C@H](O)COc1ccc(Cl)cc1. The molecule has 1 N–H and O–H groups in total. The number of aliphatic hydroxyl groups is 1. The van der Waals surface area contributed by atoms with Crippen LogP contribution in [0.1, 0.15) is 5.56 Å². The van der Waals surface area contributed by atoms with Crippen LogP contribution in [0.3, 0.4) is 0 Å². The van der Waals surface area contributed by atoms with Crippen LogP contribution in [-0.4, -0.2) is 28.6 Å². The molecule has 7 heteroatoms. The van der Waals surface area contributed by atoms with Gasteiger partial charge in [0.05, 0.1) is 22.2 Å². The van der Waals surface area contributed by atoms with Gasteiger partial charge in [-0.1, -0.05) is 48.0 Å². The molecule has 2 aromatic heterocycles. The van der Waals surface area contributed by atoms with Crippen molar-refractivity contribution in [3.63, 3.8) is 0 Å². The maximum Gasteiger partial charge on any atom is 0.119 e. The fourth-order valence-corrected chi connectivity index (χ4v) is 4.80. The lowest BCUT2D eigenvalue weighted by Gasteiger charge is -2.14. The van der Waals surface area contributed by atoms with E-state index in [1.54, 1.807) is 35.6 Å². The summed E-state index contributed by atoms with van der Waals surface area (Å²) in [6.07, 6.45) is -0.727. The largest absolute Gasteiger partial charge is 0.491 e. The lowest BCUT2D eigenvalue weighted by Crippen LogP contribution is -2.20. The average Bonchev–Trinajstić information content (AvgIpc) is 3.37. The standard InChI is InChI=1S/C25H19ClN2O2S2/c26-18-8-10-20(11-9-18)30-15-19(29)16-32-25-22(14-27)21(17-5-2-1-3-6-17)13-23(28-25)24-7-4-12-31-24/h1-13,19,29H,15-16H2/t19-/m1/s1. The highest BCUT2D eigenvalue weighted by Gasteiger charge is 2.17. The maximum absolute atomic E-state index is 10.4. The Hall–Kier alpha value is -2.82. The van der Waals surface area contributed by atoms with E-state index in [2.05, 4.69) is 6.07 Å². The predicted octanol–water partition coefficient (Wildman–Crippen LogP) is 6.53. The van der Waals surface area contributed by atoms with Crippen LogP contribution in [0.25, 0.3) is 21.7 Å². The van der Waals surface area contributed by atoms with Gasteiger partial charge >= 0.3 is 0 Å². The Labute approximate surface area is 200 Å². The van der Waals surface area contributed by atoms with Crippen molar-refractivity contribution in [2.24, 2.45) is 0 Å². The molecule has 32 heavy (non-hydrogen) atoms. The number of benzene rings is 2. The van der Waals surface area contributed by atoms with Gasteiger partial charge in [-0.2, -0.15) is 5.26 Å². The Morgan fingerprint density at radius 3 is 2.56 bits per heavy atom. The minimum Gasteiger partial charge on any atom is -0.491 e. The molecular formula is C25H19ClN2O2S2. The fraction of sp³-hybridized carbons (Fsp3) is 0.120. The summed E-state index contributed by atoms with van der Waals surface area (Å²) in [7, 11) is 0. The van der Waals surface area contributed by atoms with Crippen LogP contribution in [-0.2, 0) is 0 Å². The van der Waals surface area contributed by atoms with Gasteiger partial charge in [0.2, 0.25) is 0 Å². The first kappa shape index (κ1) is 22.4. The minimum absolute atomic E-state index is 0.132. The van der Waals surface area contributed by atoms with Crippen LogP contribution in [0.4, 0.5) is 0 Å². The molecular weight excluding hydrogens is 460 g/mol. The highest BCUT2D eigenvalue weighted by molar-refractivity contribution is 7.99. The molecule has 0 saturated carbocycles. The van der Waals surface area contributed by atoms with Crippen LogP contribution in [0, 0.1) is 11.3 Å². The number of thioether (sulfide) groups is 1.